The number of ether oxygens (including phenoxy) is 1. The molecule has 0 bridgehead atoms. The molecule has 10 heteroatoms. The van der Waals surface area contributed by atoms with Gasteiger partial charge in [-0.25, -0.2) is 9.78 Å². The van der Waals surface area contributed by atoms with Crippen LogP contribution in [0.25, 0.3) is 11.4 Å². The van der Waals surface area contributed by atoms with Crippen molar-refractivity contribution < 1.29 is 23.9 Å². The molecular formula is C20H21N5O5. The molecule has 1 aromatic carbocycles. The van der Waals surface area contributed by atoms with Crippen LogP contribution in [0.15, 0.2) is 48.8 Å². The number of rotatable bonds is 7. The molecule has 0 fully saturated rings. The van der Waals surface area contributed by atoms with Crippen LogP contribution in [0.4, 0.5) is 5.69 Å². The first-order valence-electron chi connectivity index (χ1n) is 8.65. The van der Waals surface area contributed by atoms with Crippen LogP contribution in [0, 0.1) is 6.92 Å². The van der Waals surface area contributed by atoms with Gasteiger partial charge in [0.1, 0.15) is 17.2 Å². The summed E-state index contributed by atoms with van der Waals surface area (Å²) < 4.78 is 4.42. The zero-order valence-corrected chi connectivity index (χ0v) is 16.7. The van der Waals surface area contributed by atoms with Crippen molar-refractivity contribution >= 4 is 29.4 Å². The molecule has 0 aliphatic carbocycles. The van der Waals surface area contributed by atoms with E-state index in [9.17, 15) is 19.2 Å². The number of esters is 1. The number of aromatic nitrogens is 2. The second-order valence-electron chi connectivity index (χ2n) is 6.17. The predicted octanol–water partition coefficient (Wildman–Crippen LogP) is 1.39. The van der Waals surface area contributed by atoms with Crippen LogP contribution < -0.4 is 16.0 Å². The van der Waals surface area contributed by atoms with Crippen molar-refractivity contribution in [2.45, 2.75) is 13.8 Å². The molecule has 0 aliphatic rings. The van der Waals surface area contributed by atoms with Gasteiger partial charge in [-0.15, -0.1) is 0 Å². The molecule has 0 saturated heterocycles. The second kappa shape index (κ2) is 9.32. The van der Waals surface area contributed by atoms with Gasteiger partial charge in [0.15, 0.2) is 0 Å². The van der Waals surface area contributed by atoms with Crippen molar-refractivity contribution in [2.75, 3.05) is 12.4 Å². The number of H-pyrrole nitrogens is 1. The van der Waals surface area contributed by atoms with Gasteiger partial charge in [-0.05, 0) is 31.2 Å². The maximum Gasteiger partial charge on any atom is 0.353 e. The first kappa shape index (κ1) is 22.1. The Bertz CT molecular complexity index is 1040. The smallest absolute Gasteiger partial charge is 0.353 e. The molecule has 0 spiro atoms. The van der Waals surface area contributed by atoms with Crippen molar-refractivity contribution in [1.29, 1.82) is 0 Å². The van der Waals surface area contributed by atoms with Crippen LogP contribution in [0.5, 0.6) is 0 Å². The van der Waals surface area contributed by atoms with Gasteiger partial charge in [0.05, 0.1) is 12.8 Å². The van der Waals surface area contributed by atoms with E-state index in [1.54, 1.807) is 31.2 Å². The second-order valence-corrected chi connectivity index (χ2v) is 6.17. The summed E-state index contributed by atoms with van der Waals surface area (Å²) in [5.74, 6) is -2.05. The van der Waals surface area contributed by atoms with E-state index in [1.807, 2.05) is 0 Å². The molecule has 0 saturated carbocycles. The zero-order valence-electron chi connectivity index (χ0n) is 16.7. The third-order valence-electron chi connectivity index (χ3n) is 3.81. The van der Waals surface area contributed by atoms with Crippen LogP contribution in [0.1, 0.15) is 23.1 Å². The van der Waals surface area contributed by atoms with Gasteiger partial charge in [0.25, 0.3) is 11.8 Å². The summed E-state index contributed by atoms with van der Waals surface area (Å²) in [6, 6.07) is 6.87. The van der Waals surface area contributed by atoms with Gasteiger partial charge < -0.3 is 25.7 Å². The molecule has 4 N–H and O–H groups in total. The van der Waals surface area contributed by atoms with E-state index in [2.05, 4.69) is 43.8 Å². The molecule has 2 rings (SSSR count). The topological polar surface area (TPSA) is 142 Å². The molecule has 0 unspecified atom stereocenters. The molecule has 0 radical (unpaired) electrons. The molecule has 10 nitrogen and oxygen atoms in total. The highest BCUT2D eigenvalue weighted by atomic mass is 16.5. The Labute approximate surface area is 172 Å². The molecule has 0 atom stereocenters. The van der Waals surface area contributed by atoms with E-state index < -0.39 is 17.8 Å². The third kappa shape index (κ3) is 5.41. The van der Waals surface area contributed by atoms with Crippen LogP contribution in [-0.4, -0.2) is 40.8 Å². The highest BCUT2D eigenvalue weighted by Gasteiger charge is 2.20. The monoisotopic (exact) mass is 411 g/mol. The van der Waals surface area contributed by atoms with Gasteiger partial charge in [-0.1, -0.05) is 13.2 Å². The Kier molecular flexibility index (Phi) is 6.86. The van der Waals surface area contributed by atoms with E-state index in [-0.39, 0.29) is 23.0 Å². The number of aromatic amines is 1. The average Bonchev–Trinajstić information content (AvgIpc) is 3.08. The normalized spacial score (nSPS) is 9.97. The number of benzene rings is 1. The molecule has 2 aromatic rings. The lowest BCUT2D eigenvalue weighted by Crippen LogP contribution is -2.35. The molecule has 0 aliphatic heterocycles. The van der Waals surface area contributed by atoms with Crippen molar-refractivity contribution in [1.82, 2.24) is 20.6 Å². The van der Waals surface area contributed by atoms with E-state index in [0.717, 1.165) is 7.11 Å². The maximum absolute atomic E-state index is 12.5. The summed E-state index contributed by atoms with van der Waals surface area (Å²) in [5.41, 5.74) is 1.27. The number of hydrogen-bond donors (Lipinski definition) is 4. The summed E-state index contributed by atoms with van der Waals surface area (Å²) in [6.45, 7) is 9.90. The zero-order chi connectivity index (χ0) is 22.4. The van der Waals surface area contributed by atoms with Gasteiger partial charge in [-0.3, -0.25) is 14.4 Å². The number of amides is 3. The molecular weight excluding hydrogens is 390 g/mol. The molecule has 156 valence electrons. The number of aryl methyl sites for hydroxylation is 1. The summed E-state index contributed by atoms with van der Waals surface area (Å²) >= 11 is 0. The van der Waals surface area contributed by atoms with Crippen LogP contribution in [0.3, 0.4) is 0 Å². The summed E-state index contributed by atoms with van der Waals surface area (Å²) in [6.07, 6.45) is 0. The summed E-state index contributed by atoms with van der Waals surface area (Å²) in [7, 11) is 1.14. The first-order chi connectivity index (χ1) is 14.1. The lowest BCUT2D eigenvalue weighted by atomic mass is 10.2. The largest absolute Gasteiger partial charge is 0.464 e. The average molecular weight is 411 g/mol. The molecule has 1 heterocycles. The SMILES string of the molecule is C=C(NC(=O)c1nc(-c2ccc(NC(C)=O)cc2)[nH]c1C)C(=O)NC(=C)C(=O)OC. The lowest BCUT2D eigenvalue weighted by molar-refractivity contribution is -0.137. The quantitative estimate of drug-likeness (QED) is 0.401. The number of nitrogens with zero attached hydrogens (tertiary/aromatic N) is 1. The minimum absolute atomic E-state index is 0.0664. The number of imidazole rings is 1. The number of anilines is 1. The molecule has 3 amide bonds. The highest BCUT2D eigenvalue weighted by Crippen LogP contribution is 2.20. The van der Waals surface area contributed by atoms with Gasteiger partial charge in [0, 0.05) is 23.9 Å². The number of nitrogens with one attached hydrogen (secondary N) is 4. The van der Waals surface area contributed by atoms with Crippen LogP contribution in [-0.2, 0) is 19.1 Å². The van der Waals surface area contributed by atoms with E-state index in [4.69, 9.17) is 0 Å². The fourth-order valence-corrected chi connectivity index (χ4v) is 2.37. The Morgan fingerprint density at radius 2 is 1.67 bits per heavy atom. The predicted molar refractivity (Wildman–Crippen MR) is 109 cm³/mol. The summed E-state index contributed by atoms with van der Waals surface area (Å²) in [5, 5.41) is 7.16. The first-order valence-corrected chi connectivity index (χ1v) is 8.65. The van der Waals surface area contributed by atoms with Crippen molar-refractivity contribution in [3.05, 3.63) is 60.2 Å². The molecule has 1 aromatic heterocycles. The Balaban J connectivity index is 2.09. The minimum atomic E-state index is -0.820. The van der Waals surface area contributed by atoms with Crippen LogP contribution >= 0.6 is 0 Å². The molecule has 30 heavy (non-hydrogen) atoms. The minimum Gasteiger partial charge on any atom is -0.464 e. The van der Waals surface area contributed by atoms with Crippen molar-refractivity contribution in [3.63, 3.8) is 0 Å². The van der Waals surface area contributed by atoms with Gasteiger partial charge in [0.2, 0.25) is 5.91 Å². The van der Waals surface area contributed by atoms with Gasteiger partial charge >= 0.3 is 5.97 Å². The van der Waals surface area contributed by atoms with Gasteiger partial charge in [-0.2, -0.15) is 0 Å². The highest BCUT2D eigenvalue weighted by molar-refractivity contribution is 6.04. The Hall–Kier alpha value is -4.21. The summed E-state index contributed by atoms with van der Waals surface area (Å²) in [4.78, 5) is 54.1. The number of methoxy groups -OCH3 is 1. The number of carbonyl (C=O) groups is 4. The van der Waals surface area contributed by atoms with E-state index >= 15 is 0 Å². The number of carbonyl (C=O) groups excluding carboxylic acids is 4. The Morgan fingerprint density at radius 1 is 1.03 bits per heavy atom. The lowest BCUT2D eigenvalue weighted by Gasteiger charge is -2.09. The van der Waals surface area contributed by atoms with E-state index in [1.165, 1.54) is 6.92 Å². The Morgan fingerprint density at radius 3 is 2.23 bits per heavy atom. The fraction of sp³-hybridized carbons (Fsp3) is 0.150. The van der Waals surface area contributed by atoms with Crippen molar-refractivity contribution in [2.24, 2.45) is 0 Å². The third-order valence-corrected chi connectivity index (χ3v) is 3.81. The number of hydrogen-bond acceptors (Lipinski definition) is 6. The maximum atomic E-state index is 12.5. The van der Waals surface area contributed by atoms with Crippen molar-refractivity contribution in [3.8, 4) is 11.4 Å². The van der Waals surface area contributed by atoms with Crippen LogP contribution in [0.2, 0.25) is 0 Å². The standard InChI is InChI=1S/C20H21N5O5/c1-10-16(19(28)22-11(2)18(27)23-12(3)20(29)30-5)25-17(21-10)14-6-8-15(9-7-14)24-13(4)26/h6-9H,2-3H2,1,4-5H3,(H,21,25)(H,22,28)(H,23,27)(H,24,26). The van der Waals surface area contributed by atoms with E-state index in [0.29, 0.717) is 22.8 Å². The fourth-order valence-electron chi connectivity index (χ4n) is 2.37.